The van der Waals surface area contributed by atoms with Crippen molar-refractivity contribution >= 4 is 29.2 Å². The lowest BCUT2D eigenvalue weighted by Gasteiger charge is -2.22. The fraction of sp³-hybridized carbons (Fsp3) is 0.212. The summed E-state index contributed by atoms with van der Waals surface area (Å²) in [5.74, 6) is -1.78. The van der Waals surface area contributed by atoms with Crippen LogP contribution in [0.5, 0.6) is 0 Å². The summed E-state index contributed by atoms with van der Waals surface area (Å²) >= 11 is 0. The quantitative estimate of drug-likeness (QED) is 0.234. The summed E-state index contributed by atoms with van der Waals surface area (Å²) in [4.78, 5) is 42.0. The second kappa shape index (κ2) is 13.8. The number of carbonyl (C=O) groups is 3. The Kier molecular flexibility index (Phi) is 9.50. The number of amides is 2. The molecule has 10 heteroatoms. The summed E-state index contributed by atoms with van der Waals surface area (Å²) in [6.45, 7) is 1.34. The fourth-order valence-electron chi connectivity index (χ4n) is 4.77. The van der Waals surface area contributed by atoms with Gasteiger partial charge in [0.15, 0.2) is 5.82 Å². The Bertz CT molecular complexity index is 1620. The van der Waals surface area contributed by atoms with Gasteiger partial charge in [-0.1, -0.05) is 30.3 Å². The van der Waals surface area contributed by atoms with E-state index in [2.05, 4.69) is 15.6 Å². The second-order valence-corrected chi connectivity index (χ2v) is 10.1. The van der Waals surface area contributed by atoms with Crippen LogP contribution in [-0.2, 0) is 27.2 Å². The first-order valence-electron chi connectivity index (χ1n) is 13.9. The summed E-state index contributed by atoms with van der Waals surface area (Å²) in [5, 5.41) is 5.42. The van der Waals surface area contributed by atoms with E-state index in [9.17, 15) is 18.8 Å². The van der Waals surface area contributed by atoms with Crippen molar-refractivity contribution in [1.82, 2.24) is 4.98 Å². The maximum atomic E-state index is 14.0. The van der Waals surface area contributed by atoms with Gasteiger partial charge in [0.25, 0.3) is 11.8 Å². The van der Waals surface area contributed by atoms with Gasteiger partial charge in [0, 0.05) is 36.2 Å². The maximum Gasteiger partial charge on any atom is 0.310 e. The predicted molar refractivity (Wildman–Crippen MR) is 160 cm³/mol. The maximum absolute atomic E-state index is 14.0. The van der Waals surface area contributed by atoms with Crippen LogP contribution in [0.25, 0.3) is 11.1 Å². The molecule has 43 heavy (non-hydrogen) atoms. The van der Waals surface area contributed by atoms with E-state index in [-0.39, 0.29) is 36.6 Å². The number of carbonyl (C=O) groups excluding carboxylic acids is 3. The Labute approximate surface area is 248 Å². The Morgan fingerprint density at radius 2 is 1.77 bits per heavy atom. The molecule has 1 aliphatic rings. The van der Waals surface area contributed by atoms with Crippen molar-refractivity contribution in [2.24, 2.45) is 5.73 Å². The number of hydrogen-bond acceptors (Lipinski definition) is 7. The van der Waals surface area contributed by atoms with E-state index >= 15 is 0 Å². The highest BCUT2D eigenvalue weighted by Crippen LogP contribution is 2.27. The lowest BCUT2D eigenvalue weighted by atomic mass is 9.95. The first kappa shape index (κ1) is 29.6. The van der Waals surface area contributed by atoms with Crippen molar-refractivity contribution in [3.63, 3.8) is 0 Å². The molecule has 1 unspecified atom stereocenters. The van der Waals surface area contributed by atoms with Gasteiger partial charge in [-0.25, -0.2) is 4.39 Å². The molecule has 1 fully saturated rings. The van der Waals surface area contributed by atoms with Crippen LogP contribution in [-0.4, -0.2) is 42.1 Å². The van der Waals surface area contributed by atoms with Gasteiger partial charge in [-0.15, -0.1) is 0 Å². The minimum atomic E-state index is -0.643. The minimum Gasteiger partial charge on any atom is -0.460 e. The molecule has 2 heterocycles. The number of pyridine rings is 1. The number of nitrogens with two attached hydrogens (primary N) is 1. The Morgan fingerprint density at radius 3 is 2.51 bits per heavy atom. The average molecular weight is 583 g/mol. The van der Waals surface area contributed by atoms with Crippen molar-refractivity contribution in [2.45, 2.75) is 31.9 Å². The largest absolute Gasteiger partial charge is 0.460 e. The van der Waals surface area contributed by atoms with Crippen LogP contribution in [0.4, 0.5) is 15.8 Å². The van der Waals surface area contributed by atoms with Gasteiger partial charge >= 0.3 is 5.97 Å². The molecule has 4 N–H and O–H groups in total. The molecule has 1 aliphatic heterocycles. The topological polar surface area (TPSA) is 133 Å². The SMILES string of the molecule is NCc1ccc(C(=O)Nc2ccncc2F)cc1-c1cccc(C(=O)Nc2ccc(CC(=O)OC3CCCOC3)cc2)c1. The van der Waals surface area contributed by atoms with Gasteiger partial charge in [0.2, 0.25) is 0 Å². The van der Waals surface area contributed by atoms with E-state index in [0.717, 1.165) is 30.2 Å². The number of hydrogen-bond donors (Lipinski definition) is 3. The molecule has 4 aromatic rings. The number of nitrogens with zero attached hydrogens (tertiary/aromatic N) is 1. The summed E-state index contributed by atoms with van der Waals surface area (Å²) in [5.41, 5.74) is 10.2. The smallest absolute Gasteiger partial charge is 0.310 e. The molecule has 1 aromatic heterocycles. The van der Waals surface area contributed by atoms with E-state index in [0.29, 0.717) is 41.2 Å². The third-order valence-corrected chi connectivity index (χ3v) is 7.03. The molecule has 5 rings (SSSR count). The number of nitrogens with one attached hydrogen (secondary N) is 2. The van der Waals surface area contributed by atoms with Crippen LogP contribution in [0.15, 0.2) is 85.2 Å². The number of aromatic nitrogens is 1. The standard InChI is InChI=1S/C33H31FN4O5/c34-29-19-36-13-12-30(29)38-33(41)24-8-9-25(18-35)28(17-24)22-3-1-4-23(16-22)32(40)37-26-10-6-21(7-11-26)15-31(39)43-27-5-2-14-42-20-27/h1,3-4,6-13,16-17,19,27H,2,5,14-15,18,20,35H2,(H,37,40)(H,36,38,41). The van der Waals surface area contributed by atoms with E-state index in [1.165, 1.54) is 12.3 Å². The van der Waals surface area contributed by atoms with Crippen LogP contribution >= 0.6 is 0 Å². The monoisotopic (exact) mass is 582 g/mol. The molecule has 9 nitrogen and oxygen atoms in total. The lowest BCUT2D eigenvalue weighted by Crippen LogP contribution is -2.28. The fourth-order valence-corrected chi connectivity index (χ4v) is 4.77. The summed E-state index contributed by atoms with van der Waals surface area (Å²) in [7, 11) is 0. The van der Waals surface area contributed by atoms with Crippen molar-refractivity contribution < 1.29 is 28.2 Å². The van der Waals surface area contributed by atoms with E-state index < -0.39 is 11.7 Å². The highest BCUT2D eigenvalue weighted by atomic mass is 19.1. The zero-order valence-electron chi connectivity index (χ0n) is 23.3. The van der Waals surface area contributed by atoms with E-state index in [1.807, 2.05) is 6.07 Å². The van der Waals surface area contributed by atoms with E-state index in [4.69, 9.17) is 15.2 Å². The summed E-state index contributed by atoms with van der Waals surface area (Å²) in [6.07, 6.45) is 4.02. The summed E-state index contributed by atoms with van der Waals surface area (Å²) in [6, 6.07) is 20.4. The number of rotatable bonds is 9. The molecule has 0 spiro atoms. The average Bonchev–Trinajstić information content (AvgIpc) is 3.03. The molecule has 1 atom stereocenters. The molecular weight excluding hydrogens is 551 g/mol. The van der Waals surface area contributed by atoms with Crippen LogP contribution in [0, 0.1) is 5.82 Å². The van der Waals surface area contributed by atoms with Crippen LogP contribution in [0.2, 0.25) is 0 Å². The molecule has 0 bridgehead atoms. The number of anilines is 2. The van der Waals surface area contributed by atoms with Crippen molar-refractivity contribution in [3.05, 3.63) is 113 Å². The first-order chi connectivity index (χ1) is 20.9. The first-order valence-corrected chi connectivity index (χ1v) is 13.9. The normalized spacial score (nSPS) is 14.5. The molecule has 220 valence electrons. The van der Waals surface area contributed by atoms with Crippen LogP contribution < -0.4 is 16.4 Å². The zero-order valence-corrected chi connectivity index (χ0v) is 23.3. The number of halogens is 1. The number of benzene rings is 3. The zero-order chi connectivity index (χ0) is 30.2. The highest BCUT2D eigenvalue weighted by molar-refractivity contribution is 6.06. The molecular formula is C33H31FN4O5. The Balaban J connectivity index is 1.26. The lowest BCUT2D eigenvalue weighted by molar-refractivity contribution is -0.154. The predicted octanol–water partition coefficient (Wildman–Crippen LogP) is 5.12. The van der Waals surface area contributed by atoms with Crippen molar-refractivity contribution in [1.29, 1.82) is 0 Å². The van der Waals surface area contributed by atoms with Gasteiger partial charge < -0.3 is 25.8 Å². The van der Waals surface area contributed by atoms with Crippen LogP contribution in [0.3, 0.4) is 0 Å². The highest BCUT2D eigenvalue weighted by Gasteiger charge is 2.19. The Morgan fingerprint density at radius 1 is 0.977 bits per heavy atom. The molecule has 0 saturated carbocycles. The molecule has 3 aromatic carbocycles. The van der Waals surface area contributed by atoms with Crippen molar-refractivity contribution in [2.75, 3.05) is 23.8 Å². The van der Waals surface area contributed by atoms with Gasteiger partial charge in [0.05, 0.1) is 24.9 Å². The molecule has 0 aliphatic carbocycles. The van der Waals surface area contributed by atoms with Gasteiger partial charge in [-0.05, 0) is 77.6 Å². The second-order valence-electron chi connectivity index (χ2n) is 10.1. The molecule has 1 saturated heterocycles. The van der Waals surface area contributed by atoms with Crippen LogP contribution in [0.1, 0.15) is 44.7 Å². The van der Waals surface area contributed by atoms with Gasteiger partial charge in [0.1, 0.15) is 6.10 Å². The number of ether oxygens (including phenoxy) is 2. The van der Waals surface area contributed by atoms with E-state index in [1.54, 1.807) is 60.7 Å². The number of esters is 1. The van der Waals surface area contributed by atoms with Crippen molar-refractivity contribution in [3.8, 4) is 11.1 Å². The van der Waals surface area contributed by atoms with Gasteiger partial charge in [-0.3, -0.25) is 19.4 Å². The Hall–Kier alpha value is -4.93. The third-order valence-electron chi connectivity index (χ3n) is 7.03. The van der Waals surface area contributed by atoms with Gasteiger partial charge in [-0.2, -0.15) is 0 Å². The third kappa shape index (κ3) is 7.68. The molecule has 2 amide bonds. The summed E-state index contributed by atoms with van der Waals surface area (Å²) < 4.78 is 24.8. The minimum absolute atomic E-state index is 0.0191. The molecule has 0 radical (unpaired) electrons.